The summed E-state index contributed by atoms with van der Waals surface area (Å²) < 4.78 is 7.88. The number of amides is 2. The Morgan fingerprint density at radius 2 is 2.00 bits per heavy atom. The number of hydrogen-bond acceptors (Lipinski definition) is 5. The molecule has 0 saturated heterocycles. The topological polar surface area (TPSA) is 98.3 Å². The highest BCUT2D eigenvalue weighted by Gasteiger charge is 2.14. The molecule has 0 saturated carbocycles. The molecule has 2 aromatic heterocycles. The van der Waals surface area contributed by atoms with E-state index in [1.807, 2.05) is 26.8 Å². The Labute approximate surface area is 161 Å². The number of carbonyl (C=O) groups excluding carboxylic acids is 1. The molecule has 0 aromatic carbocycles. The van der Waals surface area contributed by atoms with Crippen molar-refractivity contribution >= 4 is 22.9 Å². The number of urea groups is 1. The summed E-state index contributed by atoms with van der Waals surface area (Å²) in [5.41, 5.74) is 8.68. The molecule has 150 valence electrons. The molecule has 8 heteroatoms. The second kappa shape index (κ2) is 10.1. The molecule has 0 bridgehead atoms. The number of nitrogen functional groups attached to an aromatic ring is 1. The van der Waals surface area contributed by atoms with Gasteiger partial charge in [-0.05, 0) is 33.3 Å². The molecule has 0 aliphatic carbocycles. The van der Waals surface area contributed by atoms with Crippen molar-refractivity contribution in [3.63, 3.8) is 0 Å². The van der Waals surface area contributed by atoms with Crippen LogP contribution in [0.1, 0.15) is 38.7 Å². The van der Waals surface area contributed by atoms with E-state index in [4.69, 9.17) is 10.5 Å². The van der Waals surface area contributed by atoms with E-state index < -0.39 is 0 Å². The predicted octanol–water partition coefficient (Wildman–Crippen LogP) is 2.34. The molecule has 0 unspecified atom stereocenters. The number of pyridine rings is 1. The molecule has 0 atom stereocenters. The molecule has 27 heavy (non-hydrogen) atoms. The van der Waals surface area contributed by atoms with Crippen molar-refractivity contribution in [3.05, 3.63) is 17.6 Å². The van der Waals surface area contributed by atoms with Gasteiger partial charge in [0.15, 0.2) is 5.82 Å². The summed E-state index contributed by atoms with van der Waals surface area (Å²) in [6.07, 6.45) is 1.89. The number of hydrogen-bond donors (Lipinski definition) is 2. The largest absolute Gasteiger partial charge is 0.382 e. The van der Waals surface area contributed by atoms with Crippen LogP contribution in [0.4, 0.5) is 10.6 Å². The highest BCUT2D eigenvalue weighted by Crippen LogP contribution is 2.22. The van der Waals surface area contributed by atoms with Gasteiger partial charge in [-0.2, -0.15) is 0 Å². The van der Waals surface area contributed by atoms with Gasteiger partial charge in [-0.1, -0.05) is 6.92 Å². The van der Waals surface area contributed by atoms with Crippen LogP contribution in [0.2, 0.25) is 0 Å². The number of nitrogens with two attached hydrogens (primary N) is 1. The second-order valence-electron chi connectivity index (χ2n) is 6.46. The van der Waals surface area contributed by atoms with E-state index in [9.17, 15) is 4.79 Å². The van der Waals surface area contributed by atoms with Crippen molar-refractivity contribution in [1.29, 1.82) is 0 Å². The van der Waals surface area contributed by atoms with Crippen LogP contribution in [0.25, 0.3) is 11.0 Å². The van der Waals surface area contributed by atoms with Crippen LogP contribution in [0.5, 0.6) is 0 Å². The summed E-state index contributed by atoms with van der Waals surface area (Å²) >= 11 is 0. The molecular formula is C19H32N6O2. The Balaban J connectivity index is 1.91. The predicted molar refractivity (Wildman–Crippen MR) is 108 cm³/mol. The fraction of sp³-hybridized carbons (Fsp3) is 0.632. The van der Waals surface area contributed by atoms with Gasteiger partial charge in [0.1, 0.15) is 11.3 Å². The van der Waals surface area contributed by atoms with Crippen LogP contribution in [-0.4, -0.2) is 58.3 Å². The van der Waals surface area contributed by atoms with Crippen molar-refractivity contribution in [3.8, 4) is 0 Å². The first kappa shape index (κ1) is 21.0. The van der Waals surface area contributed by atoms with Crippen LogP contribution in [0, 0.1) is 6.92 Å². The van der Waals surface area contributed by atoms with Gasteiger partial charge >= 0.3 is 6.03 Å². The van der Waals surface area contributed by atoms with E-state index >= 15 is 0 Å². The molecule has 2 amide bonds. The van der Waals surface area contributed by atoms with Crippen LogP contribution >= 0.6 is 0 Å². The number of imidazole rings is 1. The zero-order chi connectivity index (χ0) is 19.8. The molecule has 0 aliphatic rings. The van der Waals surface area contributed by atoms with Crippen LogP contribution in [-0.2, 0) is 17.7 Å². The standard InChI is InChI=1S/C19H32N6O2/c1-5-8-16-23-17-15(13-14(4)22-18(17)20)25(16)10-12-27-11-9-21-19(26)24(6-2)7-3/h13H,5-12H2,1-4H3,(H2,20,22)(H,21,26). The third kappa shape index (κ3) is 5.32. The maximum absolute atomic E-state index is 11.9. The quantitative estimate of drug-likeness (QED) is 0.620. The first-order valence-corrected chi connectivity index (χ1v) is 9.74. The molecule has 0 aliphatic heterocycles. The Morgan fingerprint density at radius 1 is 1.26 bits per heavy atom. The molecule has 8 nitrogen and oxygen atoms in total. The SMILES string of the molecule is CCCc1nc2c(N)nc(C)cc2n1CCOCCNC(=O)N(CC)CC. The molecule has 2 aromatic rings. The molecule has 0 radical (unpaired) electrons. The number of aryl methyl sites for hydroxylation is 2. The number of nitrogens with zero attached hydrogens (tertiary/aromatic N) is 4. The van der Waals surface area contributed by atoms with Gasteiger partial charge < -0.3 is 25.3 Å². The molecular weight excluding hydrogens is 344 g/mol. The Hall–Kier alpha value is -2.35. The third-order valence-corrected chi connectivity index (χ3v) is 4.48. The lowest BCUT2D eigenvalue weighted by Gasteiger charge is -2.19. The smallest absolute Gasteiger partial charge is 0.317 e. The number of anilines is 1. The van der Waals surface area contributed by atoms with Crippen molar-refractivity contribution in [2.24, 2.45) is 0 Å². The zero-order valence-corrected chi connectivity index (χ0v) is 16.9. The number of aromatic nitrogens is 3. The monoisotopic (exact) mass is 376 g/mol. The number of rotatable bonds is 10. The summed E-state index contributed by atoms with van der Waals surface area (Å²) in [6.45, 7) is 11.6. The molecule has 3 N–H and O–H groups in total. The van der Waals surface area contributed by atoms with Crippen LogP contribution in [0.15, 0.2) is 6.07 Å². The Morgan fingerprint density at radius 3 is 2.67 bits per heavy atom. The van der Waals surface area contributed by atoms with E-state index in [0.717, 1.165) is 35.4 Å². The van der Waals surface area contributed by atoms with Gasteiger partial charge in [0, 0.05) is 38.3 Å². The number of carbonyl (C=O) groups is 1. The molecule has 2 rings (SSSR count). The van der Waals surface area contributed by atoms with E-state index in [1.54, 1.807) is 4.90 Å². The Bertz CT molecular complexity index is 754. The normalized spacial score (nSPS) is 11.1. The third-order valence-electron chi connectivity index (χ3n) is 4.48. The summed E-state index contributed by atoms with van der Waals surface area (Å²) in [4.78, 5) is 22.6. The van der Waals surface area contributed by atoms with E-state index in [1.165, 1.54) is 0 Å². The van der Waals surface area contributed by atoms with Crippen molar-refractivity contribution < 1.29 is 9.53 Å². The lowest BCUT2D eigenvalue weighted by Crippen LogP contribution is -2.41. The first-order chi connectivity index (χ1) is 13.0. The number of ether oxygens (including phenoxy) is 1. The van der Waals surface area contributed by atoms with Gasteiger partial charge in [-0.3, -0.25) is 0 Å². The van der Waals surface area contributed by atoms with Gasteiger partial charge in [-0.15, -0.1) is 0 Å². The zero-order valence-electron chi connectivity index (χ0n) is 16.9. The fourth-order valence-corrected chi connectivity index (χ4v) is 3.10. The molecule has 0 fully saturated rings. The average Bonchev–Trinajstić information content (AvgIpc) is 2.97. The summed E-state index contributed by atoms with van der Waals surface area (Å²) in [5, 5.41) is 2.87. The second-order valence-corrected chi connectivity index (χ2v) is 6.46. The average molecular weight is 377 g/mol. The molecule has 0 spiro atoms. The van der Waals surface area contributed by atoms with Crippen molar-refractivity contribution in [1.82, 2.24) is 24.8 Å². The minimum atomic E-state index is -0.0483. The summed E-state index contributed by atoms with van der Waals surface area (Å²) in [5.74, 6) is 1.48. The minimum absolute atomic E-state index is 0.0483. The highest BCUT2D eigenvalue weighted by atomic mass is 16.5. The summed E-state index contributed by atoms with van der Waals surface area (Å²) in [7, 11) is 0. The lowest BCUT2D eigenvalue weighted by molar-refractivity contribution is 0.126. The lowest BCUT2D eigenvalue weighted by atomic mass is 10.3. The first-order valence-electron chi connectivity index (χ1n) is 9.74. The van der Waals surface area contributed by atoms with Gasteiger partial charge in [0.05, 0.1) is 18.7 Å². The fourth-order valence-electron chi connectivity index (χ4n) is 3.10. The van der Waals surface area contributed by atoms with E-state index in [-0.39, 0.29) is 6.03 Å². The van der Waals surface area contributed by atoms with Gasteiger partial charge in [0.25, 0.3) is 0 Å². The molecule has 2 heterocycles. The van der Waals surface area contributed by atoms with Crippen molar-refractivity contribution in [2.45, 2.75) is 47.1 Å². The number of fused-ring (bicyclic) bond motifs is 1. The maximum Gasteiger partial charge on any atom is 0.317 e. The van der Waals surface area contributed by atoms with Gasteiger partial charge in [0.2, 0.25) is 0 Å². The van der Waals surface area contributed by atoms with Crippen LogP contribution < -0.4 is 11.1 Å². The summed E-state index contributed by atoms with van der Waals surface area (Å²) in [6, 6.07) is 1.97. The van der Waals surface area contributed by atoms with Crippen molar-refractivity contribution in [2.75, 3.05) is 38.6 Å². The van der Waals surface area contributed by atoms with E-state index in [0.29, 0.717) is 45.2 Å². The minimum Gasteiger partial charge on any atom is -0.382 e. The number of nitrogens with one attached hydrogen (secondary N) is 1. The highest BCUT2D eigenvalue weighted by molar-refractivity contribution is 5.85. The maximum atomic E-state index is 11.9. The van der Waals surface area contributed by atoms with Crippen LogP contribution in [0.3, 0.4) is 0 Å². The van der Waals surface area contributed by atoms with Gasteiger partial charge in [-0.25, -0.2) is 14.8 Å². The Kier molecular flexibility index (Phi) is 7.84. The van der Waals surface area contributed by atoms with E-state index in [2.05, 4.69) is 26.8 Å².